The van der Waals surface area contributed by atoms with Crippen LogP contribution in [0.15, 0.2) is 72.4 Å². The standard InChI is InChI=1S/C27H25FN8O3/c1-3-24(38)31-18-5-4-6-20(13-18)36-16-30-26(39)21-15-29-27(33-25(21)36)32-23-8-7-19(14-22(23)28)35-11-9-34(10-12-35)17(2)37/h3-8,13-16H,1,9-12H2,2H3,(H,31,38)(H,29,32,33). The number of hydrogen-bond acceptors (Lipinski definition) is 8. The number of anilines is 4. The molecule has 1 fully saturated rings. The average molecular weight is 529 g/mol. The van der Waals surface area contributed by atoms with Gasteiger partial charge in [-0.25, -0.2) is 9.37 Å². The van der Waals surface area contributed by atoms with Crippen molar-refractivity contribution in [3.05, 3.63) is 83.8 Å². The van der Waals surface area contributed by atoms with E-state index in [1.807, 2.05) is 4.90 Å². The molecule has 2 aromatic heterocycles. The van der Waals surface area contributed by atoms with Crippen LogP contribution in [-0.4, -0.2) is 62.4 Å². The van der Waals surface area contributed by atoms with Gasteiger partial charge in [-0.1, -0.05) is 12.6 Å². The number of aromatic nitrogens is 4. The molecule has 3 heterocycles. The van der Waals surface area contributed by atoms with Crippen LogP contribution in [-0.2, 0) is 9.59 Å². The molecule has 0 radical (unpaired) electrons. The maximum Gasteiger partial charge on any atom is 0.283 e. The smallest absolute Gasteiger partial charge is 0.283 e. The highest BCUT2D eigenvalue weighted by atomic mass is 19.1. The first-order chi connectivity index (χ1) is 18.8. The molecule has 5 rings (SSSR count). The second kappa shape index (κ2) is 10.7. The van der Waals surface area contributed by atoms with Crippen molar-refractivity contribution in [1.82, 2.24) is 24.4 Å². The van der Waals surface area contributed by atoms with E-state index in [1.54, 1.807) is 52.8 Å². The minimum Gasteiger partial charge on any atom is -0.368 e. The van der Waals surface area contributed by atoms with Gasteiger partial charge in [0.05, 0.1) is 11.4 Å². The number of halogens is 1. The molecule has 4 aromatic rings. The second-order valence-electron chi connectivity index (χ2n) is 8.88. The topological polar surface area (TPSA) is 125 Å². The normalized spacial score (nSPS) is 13.3. The number of nitrogens with zero attached hydrogens (tertiary/aromatic N) is 6. The van der Waals surface area contributed by atoms with Crippen molar-refractivity contribution >= 4 is 45.9 Å². The first-order valence-corrected chi connectivity index (χ1v) is 12.2. The van der Waals surface area contributed by atoms with Gasteiger partial charge in [-0.05, 0) is 42.5 Å². The Morgan fingerprint density at radius 2 is 1.85 bits per heavy atom. The molecule has 1 aliphatic rings. The summed E-state index contributed by atoms with van der Waals surface area (Å²) in [5.41, 5.74) is 1.71. The van der Waals surface area contributed by atoms with Crippen LogP contribution in [0, 0.1) is 5.82 Å². The average Bonchev–Trinajstić information content (AvgIpc) is 2.94. The molecule has 2 amide bonds. The molecular formula is C27H25FN8O3. The van der Waals surface area contributed by atoms with Gasteiger partial charge in [0.25, 0.3) is 5.56 Å². The number of benzene rings is 2. The fourth-order valence-corrected chi connectivity index (χ4v) is 4.32. The van der Waals surface area contributed by atoms with Crippen molar-refractivity contribution in [2.75, 3.05) is 41.7 Å². The molecule has 11 nitrogen and oxygen atoms in total. The van der Waals surface area contributed by atoms with Gasteiger partial charge >= 0.3 is 0 Å². The van der Waals surface area contributed by atoms with E-state index in [0.29, 0.717) is 43.2 Å². The number of carbonyl (C=O) groups is 2. The largest absolute Gasteiger partial charge is 0.368 e. The third-order valence-corrected chi connectivity index (χ3v) is 6.38. The molecule has 0 atom stereocenters. The fraction of sp³-hybridized carbons (Fsp3) is 0.185. The van der Waals surface area contributed by atoms with Crippen molar-refractivity contribution in [3.8, 4) is 5.69 Å². The van der Waals surface area contributed by atoms with E-state index in [1.165, 1.54) is 18.6 Å². The molecule has 39 heavy (non-hydrogen) atoms. The van der Waals surface area contributed by atoms with Gasteiger partial charge in [-0.15, -0.1) is 0 Å². The summed E-state index contributed by atoms with van der Waals surface area (Å²) in [5, 5.41) is 5.74. The quantitative estimate of drug-likeness (QED) is 0.366. The lowest BCUT2D eigenvalue weighted by Gasteiger charge is -2.35. The van der Waals surface area contributed by atoms with E-state index >= 15 is 4.39 Å². The number of fused-ring (bicyclic) bond motifs is 1. The number of piperazine rings is 1. The Morgan fingerprint density at radius 3 is 2.56 bits per heavy atom. The van der Waals surface area contributed by atoms with E-state index in [0.717, 1.165) is 6.08 Å². The van der Waals surface area contributed by atoms with Gasteiger partial charge in [-0.3, -0.25) is 19.0 Å². The summed E-state index contributed by atoms with van der Waals surface area (Å²) in [6.45, 7) is 7.39. The number of carbonyl (C=O) groups excluding carboxylic acids is 2. The minimum atomic E-state index is -0.510. The summed E-state index contributed by atoms with van der Waals surface area (Å²) in [4.78, 5) is 52.0. The molecule has 12 heteroatoms. The maximum atomic E-state index is 15.1. The van der Waals surface area contributed by atoms with E-state index in [2.05, 4.69) is 32.2 Å². The maximum absolute atomic E-state index is 15.1. The van der Waals surface area contributed by atoms with Gasteiger partial charge in [-0.2, -0.15) is 9.97 Å². The van der Waals surface area contributed by atoms with Gasteiger partial charge in [0.2, 0.25) is 17.8 Å². The van der Waals surface area contributed by atoms with Crippen LogP contribution in [0.4, 0.5) is 27.4 Å². The third-order valence-electron chi connectivity index (χ3n) is 6.38. The zero-order valence-electron chi connectivity index (χ0n) is 21.1. The predicted octanol–water partition coefficient (Wildman–Crippen LogP) is 2.85. The number of rotatable bonds is 6. The molecule has 0 saturated carbocycles. The first kappa shape index (κ1) is 25.5. The molecule has 0 bridgehead atoms. The van der Waals surface area contributed by atoms with Crippen molar-refractivity contribution < 1.29 is 14.0 Å². The van der Waals surface area contributed by atoms with Crippen LogP contribution in [0.2, 0.25) is 0 Å². The summed E-state index contributed by atoms with van der Waals surface area (Å²) >= 11 is 0. The Bertz CT molecular complexity index is 1650. The summed E-state index contributed by atoms with van der Waals surface area (Å²) in [7, 11) is 0. The molecule has 0 spiro atoms. The Balaban J connectivity index is 1.42. The van der Waals surface area contributed by atoms with Crippen molar-refractivity contribution in [2.45, 2.75) is 6.92 Å². The number of hydrogen-bond donors (Lipinski definition) is 2. The summed E-state index contributed by atoms with van der Waals surface area (Å²) in [6.07, 6.45) is 3.83. The van der Waals surface area contributed by atoms with Crippen molar-refractivity contribution in [3.63, 3.8) is 0 Å². The minimum absolute atomic E-state index is 0.0316. The highest BCUT2D eigenvalue weighted by Gasteiger charge is 2.20. The van der Waals surface area contributed by atoms with Crippen molar-refractivity contribution in [2.24, 2.45) is 0 Å². The molecule has 1 saturated heterocycles. The Morgan fingerprint density at radius 1 is 1.05 bits per heavy atom. The third kappa shape index (κ3) is 5.44. The summed E-state index contributed by atoms with van der Waals surface area (Å²) in [5.74, 6) is -0.748. The van der Waals surface area contributed by atoms with Crippen LogP contribution >= 0.6 is 0 Å². The summed E-state index contributed by atoms with van der Waals surface area (Å²) < 4.78 is 16.7. The zero-order chi connectivity index (χ0) is 27.5. The molecule has 2 N–H and O–H groups in total. The lowest BCUT2D eigenvalue weighted by atomic mass is 10.2. The van der Waals surface area contributed by atoms with E-state index in [9.17, 15) is 14.4 Å². The highest BCUT2D eigenvalue weighted by molar-refractivity contribution is 5.99. The van der Waals surface area contributed by atoms with Crippen LogP contribution in [0.3, 0.4) is 0 Å². The second-order valence-corrected chi connectivity index (χ2v) is 8.88. The molecule has 0 unspecified atom stereocenters. The SMILES string of the molecule is C=CC(=O)Nc1cccc(-n2cnc(=O)c3cnc(Nc4ccc(N5CCN(C(C)=O)CC5)cc4F)nc32)c1. The molecule has 2 aromatic carbocycles. The molecule has 1 aliphatic heterocycles. The van der Waals surface area contributed by atoms with Crippen LogP contribution in [0.25, 0.3) is 16.7 Å². The lowest BCUT2D eigenvalue weighted by molar-refractivity contribution is -0.129. The van der Waals surface area contributed by atoms with Gasteiger partial charge in [0.15, 0.2) is 5.65 Å². The van der Waals surface area contributed by atoms with E-state index < -0.39 is 11.4 Å². The lowest BCUT2D eigenvalue weighted by Crippen LogP contribution is -2.48. The Hall–Kier alpha value is -5.13. The highest BCUT2D eigenvalue weighted by Crippen LogP contribution is 2.26. The summed E-state index contributed by atoms with van der Waals surface area (Å²) in [6, 6.07) is 11.7. The van der Waals surface area contributed by atoms with Gasteiger partial charge in [0.1, 0.15) is 17.5 Å². The van der Waals surface area contributed by atoms with Crippen LogP contribution in [0.1, 0.15) is 6.92 Å². The van der Waals surface area contributed by atoms with Crippen LogP contribution in [0.5, 0.6) is 0 Å². The Labute approximate surface area is 222 Å². The molecule has 198 valence electrons. The molecule has 0 aliphatic carbocycles. The van der Waals surface area contributed by atoms with Crippen molar-refractivity contribution in [1.29, 1.82) is 0 Å². The number of nitrogens with one attached hydrogen (secondary N) is 2. The van der Waals surface area contributed by atoms with Gasteiger partial charge in [0, 0.05) is 50.7 Å². The predicted molar refractivity (Wildman–Crippen MR) is 146 cm³/mol. The monoisotopic (exact) mass is 528 g/mol. The van der Waals surface area contributed by atoms with E-state index in [-0.39, 0.29) is 34.5 Å². The zero-order valence-corrected chi connectivity index (χ0v) is 21.1. The molecular weight excluding hydrogens is 503 g/mol. The number of amides is 2. The van der Waals surface area contributed by atoms with E-state index in [4.69, 9.17) is 0 Å². The fourth-order valence-electron chi connectivity index (χ4n) is 4.32. The Kier molecular flexibility index (Phi) is 7.00. The van der Waals surface area contributed by atoms with Gasteiger partial charge < -0.3 is 20.4 Å². The van der Waals surface area contributed by atoms with Crippen LogP contribution < -0.4 is 21.1 Å². The first-order valence-electron chi connectivity index (χ1n) is 12.2.